The average Bonchev–Trinajstić information content (AvgIpc) is 3.71. The second-order valence-electron chi connectivity index (χ2n) is 10.3. The molecule has 8 nitrogen and oxygen atoms in total. The summed E-state index contributed by atoms with van der Waals surface area (Å²) < 4.78 is 5.85. The summed E-state index contributed by atoms with van der Waals surface area (Å²) in [7, 11) is 0. The Kier molecular flexibility index (Phi) is 11.9. The van der Waals surface area contributed by atoms with Crippen LogP contribution in [0.2, 0.25) is 0 Å². The number of unbranched alkanes of at least 4 members (excludes halogenated alkanes) is 1. The number of hydrogen-bond acceptors (Lipinski definition) is 6. The van der Waals surface area contributed by atoms with E-state index < -0.39 is 12.0 Å². The van der Waals surface area contributed by atoms with Crippen LogP contribution in [0.3, 0.4) is 0 Å². The highest BCUT2D eigenvalue weighted by Gasteiger charge is 2.24. The minimum Gasteiger partial charge on any atom is -0.480 e. The number of carboxylic acid groups (broad SMARTS) is 1. The summed E-state index contributed by atoms with van der Waals surface area (Å²) in [5.41, 5.74) is 2.43. The van der Waals surface area contributed by atoms with E-state index in [0.29, 0.717) is 38.0 Å². The highest BCUT2D eigenvalue weighted by molar-refractivity contribution is 5.83. The molecule has 0 aromatic carbocycles. The average molecular weight is 503 g/mol. The van der Waals surface area contributed by atoms with Crippen LogP contribution in [0.1, 0.15) is 82.9 Å². The van der Waals surface area contributed by atoms with Gasteiger partial charge in [0, 0.05) is 31.7 Å². The number of hydrogen-bond donors (Lipinski definition) is 3. The fourth-order valence-corrected chi connectivity index (χ4v) is 4.73. The second kappa shape index (κ2) is 15.2. The van der Waals surface area contributed by atoms with E-state index in [1.54, 1.807) is 0 Å². The summed E-state index contributed by atoms with van der Waals surface area (Å²) in [6, 6.07) is 3.50. The third-order valence-corrected chi connectivity index (χ3v) is 7.39. The van der Waals surface area contributed by atoms with Crippen LogP contribution in [0, 0.1) is 5.92 Å². The smallest absolute Gasteiger partial charge is 0.326 e. The summed E-state index contributed by atoms with van der Waals surface area (Å²) in [6.45, 7) is 8.08. The lowest BCUT2D eigenvalue weighted by Crippen LogP contribution is -2.44. The number of carboxylic acids is 1. The molecule has 1 unspecified atom stereocenters. The molecular weight excluding hydrogens is 456 g/mol. The molecule has 1 aliphatic carbocycles. The van der Waals surface area contributed by atoms with Crippen molar-refractivity contribution in [3.05, 3.63) is 23.4 Å². The van der Waals surface area contributed by atoms with E-state index in [4.69, 9.17) is 9.72 Å². The van der Waals surface area contributed by atoms with E-state index in [-0.39, 0.29) is 5.91 Å². The van der Waals surface area contributed by atoms with Gasteiger partial charge in [-0.05, 0) is 75.5 Å². The number of pyridine rings is 1. The summed E-state index contributed by atoms with van der Waals surface area (Å²) >= 11 is 0. The Morgan fingerprint density at radius 1 is 1.19 bits per heavy atom. The van der Waals surface area contributed by atoms with Crippen molar-refractivity contribution in [3.63, 3.8) is 0 Å². The molecule has 36 heavy (non-hydrogen) atoms. The van der Waals surface area contributed by atoms with Gasteiger partial charge in [0.05, 0.1) is 12.7 Å². The molecule has 1 aliphatic heterocycles. The highest BCUT2D eigenvalue weighted by atomic mass is 16.5. The molecule has 3 rings (SSSR count). The summed E-state index contributed by atoms with van der Waals surface area (Å²) in [5, 5.41) is 15.9. The monoisotopic (exact) mass is 502 g/mol. The molecule has 1 amide bonds. The minimum absolute atomic E-state index is 0.160. The van der Waals surface area contributed by atoms with E-state index >= 15 is 0 Å². The van der Waals surface area contributed by atoms with Crippen molar-refractivity contribution >= 4 is 17.7 Å². The number of aromatic nitrogens is 1. The number of nitrogens with zero attached hydrogens (tertiary/aromatic N) is 2. The van der Waals surface area contributed by atoms with Crippen LogP contribution in [0.15, 0.2) is 12.1 Å². The molecule has 2 heterocycles. The van der Waals surface area contributed by atoms with Crippen molar-refractivity contribution in [1.29, 1.82) is 0 Å². The van der Waals surface area contributed by atoms with E-state index in [1.807, 2.05) is 0 Å². The van der Waals surface area contributed by atoms with E-state index in [0.717, 1.165) is 82.5 Å². The zero-order valence-electron chi connectivity index (χ0n) is 22.3. The van der Waals surface area contributed by atoms with Crippen molar-refractivity contribution in [2.75, 3.05) is 38.1 Å². The van der Waals surface area contributed by atoms with Crippen LogP contribution in [-0.4, -0.2) is 71.8 Å². The molecule has 0 bridgehead atoms. The minimum atomic E-state index is -0.964. The van der Waals surface area contributed by atoms with E-state index in [9.17, 15) is 14.7 Å². The lowest BCUT2D eigenvalue weighted by atomic mass is 9.99. The molecule has 3 N–H and O–H groups in total. The van der Waals surface area contributed by atoms with Crippen molar-refractivity contribution < 1.29 is 19.4 Å². The van der Waals surface area contributed by atoms with Gasteiger partial charge in [-0.3, -0.25) is 4.79 Å². The maximum Gasteiger partial charge on any atom is 0.326 e. The van der Waals surface area contributed by atoms with Gasteiger partial charge in [-0.25, -0.2) is 9.78 Å². The number of aliphatic carboxylic acids is 1. The molecule has 2 aliphatic rings. The largest absolute Gasteiger partial charge is 0.480 e. The van der Waals surface area contributed by atoms with Gasteiger partial charge in [-0.2, -0.15) is 0 Å². The predicted octanol–water partition coefficient (Wildman–Crippen LogP) is 4.03. The molecule has 1 aromatic heterocycles. The first-order valence-corrected chi connectivity index (χ1v) is 14.1. The number of amides is 1. The number of nitrogens with one attached hydrogen (secondary N) is 2. The number of ether oxygens (including phenoxy) is 1. The number of carbonyl (C=O) groups excluding carboxylic acids is 1. The van der Waals surface area contributed by atoms with Gasteiger partial charge in [0.15, 0.2) is 0 Å². The Morgan fingerprint density at radius 3 is 2.72 bits per heavy atom. The maximum absolute atomic E-state index is 12.4. The molecule has 202 valence electrons. The third kappa shape index (κ3) is 10.1. The standard InChI is InChI=1S/C28H46N4O4/c1-3-21(4-2)20-26(33)31-25(28(34)35)14-17-32(18-19-36-24-12-13-24)16-6-5-9-23-11-10-22-8-7-15-29-27(22)30-23/h10-11,21,24-25H,3-9,12-20H2,1-2H3,(H,29,30)(H,31,33)(H,34,35). The first-order chi connectivity index (χ1) is 17.5. The van der Waals surface area contributed by atoms with Crippen LogP contribution in [0.4, 0.5) is 5.82 Å². The summed E-state index contributed by atoms with van der Waals surface area (Å²) in [6.07, 6.45) is 10.6. The number of fused-ring (bicyclic) bond motifs is 1. The lowest BCUT2D eigenvalue weighted by Gasteiger charge is -2.25. The first-order valence-electron chi connectivity index (χ1n) is 14.1. The molecular formula is C28H46N4O4. The number of carbonyl (C=O) groups is 2. The maximum atomic E-state index is 12.4. The van der Waals surface area contributed by atoms with Crippen LogP contribution in [-0.2, 0) is 27.2 Å². The number of rotatable bonds is 18. The molecule has 0 spiro atoms. The molecule has 1 saturated carbocycles. The number of anilines is 1. The lowest BCUT2D eigenvalue weighted by molar-refractivity contribution is -0.142. The van der Waals surface area contributed by atoms with Crippen molar-refractivity contribution in [1.82, 2.24) is 15.2 Å². The Balaban J connectivity index is 1.45. The fourth-order valence-electron chi connectivity index (χ4n) is 4.73. The van der Waals surface area contributed by atoms with Gasteiger partial charge in [-0.1, -0.05) is 32.8 Å². The van der Waals surface area contributed by atoms with Gasteiger partial charge in [0.25, 0.3) is 0 Å². The van der Waals surface area contributed by atoms with Crippen molar-refractivity contribution in [3.8, 4) is 0 Å². The molecule has 0 saturated heterocycles. The Hall–Kier alpha value is -2.19. The molecule has 0 radical (unpaired) electrons. The zero-order chi connectivity index (χ0) is 25.8. The third-order valence-electron chi connectivity index (χ3n) is 7.39. The zero-order valence-corrected chi connectivity index (χ0v) is 22.3. The van der Waals surface area contributed by atoms with E-state index in [1.165, 1.54) is 12.0 Å². The quantitative estimate of drug-likeness (QED) is 0.260. The van der Waals surface area contributed by atoms with Gasteiger partial charge in [0.2, 0.25) is 5.91 Å². The van der Waals surface area contributed by atoms with Gasteiger partial charge < -0.3 is 25.4 Å². The molecule has 8 heteroatoms. The van der Waals surface area contributed by atoms with Crippen LogP contribution in [0.5, 0.6) is 0 Å². The Morgan fingerprint density at radius 2 is 2.00 bits per heavy atom. The molecule has 1 atom stereocenters. The van der Waals surface area contributed by atoms with Gasteiger partial charge >= 0.3 is 5.97 Å². The highest BCUT2D eigenvalue weighted by Crippen LogP contribution is 2.23. The van der Waals surface area contributed by atoms with Crippen LogP contribution < -0.4 is 10.6 Å². The van der Waals surface area contributed by atoms with E-state index in [2.05, 4.69) is 41.5 Å². The normalized spacial score (nSPS) is 16.0. The second-order valence-corrected chi connectivity index (χ2v) is 10.3. The summed E-state index contributed by atoms with van der Waals surface area (Å²) in [5.74, 6) is 0.223. The van der Waals surface area contributed by atoms with Gasteiger partial charge in [-0.15, -0.1) is 0 Å². The van der Waals surface area contributed by atoms with Crippen LogP contribution >= 0.6 is 0 Å². The Labute approximate surface area is 216 Å². The topological polar surface area (TPSA) is 104 Å². The summed E-state index contributed by atoms with van der Waals surface area (Å²) in [4.78, 5) is 31.3. The SMILES string of the molecule is CCC(CC)CC(=O)NC(CCN(CCCCc1ccc2c(n1)NCCC2)CCOC1CC1)C(=O)O. The number of aryl methyl sites for hydroxylation is 2. The Bertz CT molecular complexity index is 826. The predicted molar refractivity (Wildman–Crippen MR) is 142 cm³/mol. The fraction of sp³-hybridized carbons (Fsp3) is 0.750. The van der Waals surface area contributed by atoms with Crippen molar-refractivity contribution in [2.24, 2.45) is 5.92 Å². The molecule has 1 fully saturated rings. The van der Waals surface area contributed by atoms with Crippen LogP contribution in [0.25, 0.3) is 0 Å². The molecule has 1 aromatic rings. The van der Waals surface area contributed by atoms with Gasteiger partial charge in [0.1, 0.15) is 11.9 Å². The first kappa shape index (κ1) is 28.4. The van der Waals surface area contributed by atoms with Crippen molar-refractivity contribution in [2.45, 2.75) is 96.6 Å².